The average Bonchev–Trinajstić information content (AvgIpc) is 3.07. The van der Waals surface area contributed by atoms with Gasteiger partial charge in [0, 0.05) is 22.9 Å². The molecular formula is C20H19N3O3. The van der Waals surface area contributed by atoms with Crippen LogP contribution in [0.25, 0.3) is 0 Å². The van der Waals surface area contributed by atoms with E-state index in [1.165, 1.54) is 11.6 Å². The number of hydrogen-bond acceptors (Lipinski definition) is 4. The smallest absolute Gasteiger partial charge is 0.256 e. The maximum absolute atomic E-state index is 12.4. The Bertz CT molecular complexity index is 929. The van der Waals surface area contributed by atoms with Gasteiger partial charge >= 0.3 is 0 Å². The predicted octanol–water partition coefficient (Wildman–Crippen LogP) is 4.05. The van der Waals surface area contributed by atoms with Crippen LogP contribution in [-0.4, -0.2) is 17.0 Å². The third-order valence-electron chi connectivity index (χ3n) is 3.88. The molecule has 2 aromatic carbocycles. The van der Waals surface area contributed by atoms with Crippen molar-refractivity contribution in [1.82, 2.24) is 5.16 Å². The summed E-state index contributed by atoms with van der Waals surface area (Å²) in [6.07, 6.45) is 0.941. The molecule has 0 aliphatic carbocycles. The minimum absolute atomic E-state index is 0.277. The number of aromatic nitrogens is 1. The lowest BCUT2D eigenvalue weighted by Crippen LogP contribution is -2.15. The number of carbonyl (C=O) groups excluding carboxylic acids is 2. The van der Waals surface area contributed by atoms with E-state index in [-0.39, 0.29) is 11.8 Å². The Balaban J connectivity index is 1.71. The number of carbonyl (C=O) groups is 2. The average molecular weight is 349 g/mol. The molecule has 3 aromatic rings. The molecule has 26 heavy (non-hydrogen) atoms. The molecule has 1 aromatic heterocycles. The molecule has 132 valence electrons. The van der Waals surface area contributed by atoms with Crippen LogP contribution in [0, 0.1) is 6.92 Å². The lowest BCUT2D eigenvalue weighted by atomic mass is 10.1. The summed E-state index contributed by atoms with van der Waals surface area (Å²) in [7, 11) is 0. The Kier molecular flexibility index (Phi) is 5.12. The van der Waals surface area contributed by atoms with Crippen LogP contribution in [0.2, 0.25) is 0 Å². The first-order valence-corrected chi connectivity index (χ1v) is 8.30. The second-order valence-electron chi connectivity index (χ2n) is 5.86. The molecule has 0 aliphatic heterocycles. The lowest BCUT2D eigenvalue weighted by Gasteiger charge is -2.07. The summed E-state index contributed by atoms with van der Waals surface area (Å²) in [5.74, 6) is 0.294. The van der Waals surface area contributed by atoms with Gasteiger partial charge in [-0.15, -0.1) is 0 Å². The molecule has 0 fully saturated rings. The van der Waals surface area contributed by atoms with Gasteiger partial charge in [-0.3, -0.25) is 9.59 Å². The molecule has 3 rings (SSSR count). The fourth-order valence-corrected chi connectivity index (χ4v) is 2.44. The van der Waals surface area contributed by atoms with Crippen LogP contribution in [-0.2, 0) is 6.42 Å². The fraction of sp³-hybridized carbons (Fsp3) is 0.150. The lowest BCUT2D eigenvalue weighted by molar-refractivity contribution is 0.102. The third kappa shape index (κ3) is 4.16. The summed E-state index contributed by atoms with van der Waals surface area (Å²) >= 11 is 0. The number of nitrogens with one attached hydrogen (secondary N) is 2. The van der Waals surface area contributed by atoms with E-state index in [9.17, 15) is 9.59 Å². The Labute approximate surface area is 151 Å². The number of nitrogens with zero attached hydrogens (tertiary/aromatic N) is 1. The van der Waals surface area contributed by atoms with Crippen molar-refractivity contribution in [2.24, 2.45) is 0 Å². The monoisotopic (exact) mass is 349 g/mol. The number of hydrogen-bond donors (Lipinski definition) is 2. The van der Waals surface area contributed by atoms with E-state index in [1.807, 2.05) is 24.3 Å². The Morgan fingerprint density at radius 3 is 2.19 bits per heavy atom. The molecule has 1 heterocycles. The molecule has 0 spiro atoms. The summed E-state index contributed by atoms with van der Waals surface area (Å²) in [5, 5.41) is 9.19. The van der Waals surface area contributed by atoms with Gasteiger partial charge in [-0.1, -0.05) is 30.3 Å². The highest BCUT2D eigenvalue weighted by Crippen LogP contribution is 2.14. The van der Waals surface area contributed by atoms with Gasteiger partial charge in [-0.05, 0) is 49.2 Å². The number of benzene rings is 2. The molecule has 0 saturated carbocycles. The molecule has 2 N–H and O–H groups in total. The second kappa shape index (κ2) is 7.65. The van der Waals surface area contributed by atoms with E-state index in [0.29, 0.717) is 28.4 Å². The van der Waals surface area contributed by atoms with Crippen molar-refractivity contribution in [2.75, 3.05) is 10.6 Å². The zero-order chi connectivity index (χ0) is 18.5. The van der Waals surface area contributed by atoms with Crippen molar-refractivity contribution in [2.45, 2.75) is 20.3 Å². The van der Waals surface area contributed by atoms with Gasteiger partial charge in [0.15, 0.2) is 5.82 Å². The molecule has 0 saturated heterocycles. The number of aryl methyl sites for hydroxylation is 2. The molecule has 0 bridgehead atoms. The van der Waals surface area contributed by atoms with Gasteiger partial charge in [-0.25, -0.2) is 0 Å². The van der Waals surface area contributed by atoms with Crippen molar-refractivity contribution < 1.29 is 14.1 Å². The molecular weight excluding hydrogens is 330 g/mol. The van der Waals surface area contributed by atoms with Gasteiger partial charge < -0.3 is 15.2 Å². The molecule has 0 unspecified atom stereocenters. The van der Waals surface area contributed by atoms with E-state index in [2.05, 4.69) is 22.7 Å². The van der Waals surface area contributed by atoms with Crippen molar-refractivity contribution in [3.8, 4) is 0 Å². The van der Waals surface area contributed by atoms with Crippen LogP contribution >= 0.6 is 0 Å². The van der Waals surface area contributed by atoms with Crippen molar-refractivity contribution in [3.05, 3.63) is 77.0 Å². The first-order chi connectivity index (χ1) is 12.5. The van der Waals surface area contributed by atoms with Gasteiger partial charge in [0.05, 0.1) is 0 Å². The maximum Gasteiger partial charge on any atom is 0.256 e. The first-order valence-electron chi connectivity index (χ1n) is 8.30. The molecule has 6 nitrogen and oxygen atoms in total. The quantitative estimate of drug-likeness (QED) is 0.728. The number of rotatable bonds is 5. The molecule has 0 atom stereocenters. The highest BCUT2D eigenvalue weighted by Gasteiger charge is 2.12. The Hall–Kier alpha value is -3.41. The van der Waals surface area contributed by atoms with Gasteiger partial charge in [0.25, 0.3) is 11.8 Å². The standard InChI is InChI=1S/C20H19N3O3/c1-3-14-7-9-17(10-8-14)21-19(24)15-5-4-6-16(12-15)20(25)22-18-11-13(2)26-23-18/h4-12H,3H2,1-2H3,(H,21,24)(H,22,23,25). The summed E-state index contributed by atoms with van der Waals surface area (Å²) in [6, 6.07) is 15.8. The third-order valence-corrected chi connectivity index (χ3v) is 3.88. The van der Waals surface area contributed by atoms with Crippen molar-refractivity contribution in [3.63, 3.8) is 0 Å². The predicted molar refractivity (Wildman–Crippen MR) is 99.4 cm³/mol. The normalized spacial score (nSPS) is 10.4. The topological polar surface area (TPSA) is 84.2 Å². The van der Waals surface area contributed by atoms with E-state index in [0.717, 1.165) is 6.42 Å². The Morgan fingerprint density at radius 1 is 0.962 bits per heavy atom. The maximum atomic E-state index is 12.4. The van der Waals surface area contributed by atoms with E-state index in [4.69, 9.17) is 4.52 Å². The molecule has 2 amide bonds. The summed E-state index contributed by atoms with van der Waals surface area (Å²) < 4.78 is 4.92. The van der Waals surface area contributed by atoms with E-state index >= 15 is 0 Å². The molecule has 0 radical (unpaired) electrons. The minimum atomic E-state index is -0.361. The number of anilines is 2. The number of amides is 2. The van der Waals surface area contributed by atoms with Crippen LogP contribution in [0.3, 0.4) is 0 Å². The van der Waals surface area contributed by atoms with Crippen LogP contribution < -0.4 is 10.6 Å². The van der Waals surface area contributed by atoms with Crippen molar-refractivity contribution in [1.29, 1.82) is 0 Å². The Morgan fingerprint density at radius 2 is 1.62 bits per heavy atom. The first kappa shape index (κ1) is 17.4. The van der Waals surface area contributed by atoms with Gasteiger partial charge in [0.2, 0.25) is 0 Å². The van der Waals surface area contributed by atoms with Crippen molar-refractivity contribution >= 4 is 23.3 Å². The summed E-state index contributed by atoms with van der Waals surface area (Å²) in [4.78, 5) is 24.7. The highest BCUT2D eigenvalue weighted by molar-refractivity contribution is 6.08. The van der Waals surface area contributed by atoms with E-state index < -0.39 is 0 Å². The van der Waals surface area contributed by atoms with Crippen LogP contribution in [0.15, 0.2) is 59.1 Å². The minimum Gasteiger partial charge on any atom is -0.360 e. The van der Waals surface area contributed by atoms with Crippen LogP contribution in [0.1, 0.15) is 39.0 Å². The zero-order valence-electron chi connectivity index (χ0n) is 14.6. The van der Waals surface area contributed by atoms with Crippen LogP contribution in [0.5, 0.6) is 0 Å². The fourth-order valence-electron chi connectivity index (χ4n) is 2.44. The molecule has 0 aliphatic rings. The SMILES string of the molecule is CCc1ccc(NC(=O)c2cccc(C(=O)Nc3cc(C)on3)c2)cc1. The summed E-state index contributed by atoms with van der Waals surface area (Å²) in [6.45, 7) is 3.81. The van der Waals surface area contributed by atoms with E-state index in [1.54, 1.807) is 31.2 Å². The van der Waals surface area contributed by atoms with Crippen LogP contribution in [0.4, 0.5) is 11.5 Å². The highest BCUT2D eigenvalue weighted by atomic mass is 16.5. The van der Waals surface area contributed by atoms with Gasteiger partial charge in [0.1, 0.15) is 5.76 Å². The zero-order valence-corrected chi connectivity index (χ0v) is 14.6. The summed E-state index contributed by atoms with van der Waals surface area (Å²) in [5.41, 5.74) is 2.66. The molecule has 6 heteroatoms. The second-order valence-corrected chi connectivity index (χ2v) is 5.86. The van der Waals surface area contributed by atoms with Gasteiger partial charge in [-0.2, -0.15) is 0 Å². The largest absolute Gasteiger partial charge is 0.360 e.